The number of aryl methyl sites for hydroxylation is 1. The average Bonchev–Trinajstić information content (AvgIpc) is 3.08. The summed E-state index contributed by atoms with van der Waals surface area (Å²) >= 11 is 5.98. The highest BCUT2D eigenvalue weighted by atomic mass is 35.5. The average molecular weight is 338 g/mol. The van der Waals surface area contributed by atoms with Gasteiger partial charge in [-0.25, -0.2) is 0 Å². The second-order valence-electron chi connectivity index (χ2n) is 6.81. The number of aromatic nitrogens is 1. The number of hydrogen-bond donors (Lipinski definition) is 0. The molecule has 0 aliphatic carbocycles. The molecule has 1 aromatic heterocycles. The molecule has 126 valence electrons. The molecule has 23 heavy (non-hydrogen) atoms. The first kappa shape index (κ1) is 16.4. The summed E-state index contributed by atoms with van der Waals surface area (Å²) in [7, 11) is 1.82. The lowest BCUT2D eigenvalue weighted by Crippen LogP contribution is -2.50. The Morgan fingerprint density at radius 3 is 2.78 bits per heavy atom. The van der Waals surface area contributed by atoms with Crippen LogP contribution in [-0.2, 0) is 11.8 Å². The van der Waals surface area contributed by atoms with Gasteiger partial charge in [-0.15, -0.1) is 0 Å². The quantitative estimate of drug-likeness (QED) is 0.851. The number of rotatable bonds is 3. The van der Waals surface area contributed by atoms with Crippen LogP contribution >= 0.6 is 11.6 Å². The first-order valence-corrected chi connectivity index (χ1v) is 8.75. The van der Waals surface area contributed by atoms with E-state index in [9.17, 15) is 9.59 Å². The van der Waals surface area contributed by atoms with Crippen LogP contribution in [0.5, 0.6) is 0 Å². The van der Waals surface area contributed by atoms with Crippen molar-refractivity contribution in [2.24, 2.45) is 12.5 Å². The molecule has 0 radical (unpaired) electrons. The molecule has 6 heteroatoms. The topological polar surface area (TPSA) is 45.5 Å². The van der Waals surface area contributed by atoms with Crippen LogP contribution < -0.4 is 0 Å². The Hall–Kier alpha value is -1.49. The summed E-state index contributed by atoms with van der Waals surface area (Å²) in [6.07, 6.45) is 5.41. The highest BCUT2D eigenvalue weighted by Crippen LogP contribution is 2.40. The number of halogens is 1. The maximum Gasteiger partial charge on any atom is 0.270 e. The standard InChI is InChI=1S/C17H24ClN3O2/c1-3-7-20-8-4-5-17(16(20)23)6-9-21(12-17)15(22)14-10-13(18)11-19(14)2/h10-11H,3-9,12H2,1-2H3/t17-/m1/s1. The van der Waals surface area contributed by atoms with Gasteiger partial charge in [0.2, 0.25) is 5.91 Å². The Kier molecular flexibility index (Phi) is 4.41. The number of nitrogens with zero attached hydrogens (tertiary/aromatic N) is 3. The molecule has 0 saturated carbocycles. The van der Waals surface area contributed by atoms with Crippen LogP contribution in [0.15, 0.2) is 12.3 Å². The number of carbonyl (C=O) groups is 2. The zero-order chi connectivity index (χ0) is 16.6. The van der Waals surface area contributed by atoms with E-state index in [0.29, 0.717) is 23.8 Å². The molecular formula is C17H24ClN3O2. The highest BCUT2D eigenvalue weighted by molar-refractivity contribution is 6.31. The van der Waals surface area contributed by atoms with Crippen molar-refractivity contribution in [3.63, 3.8) is 0 Å². The predicted molar refractivity (Wildman–Crippen MR) is 89.5 cm³/mol. The largest absolute Gasteiger partial charge is 0.345 e. The van der Waals surface area contributed by atoms with Crippen LogP contribution in [-0.4, -0.2) is 52.4 Å². The Bertz CT molecular complexity index is 625. The maximum absolute atomic E-state index is 12.9. The minimum Gasteiger partial charge on any atom is -0.345 e. The molecule has 0 aromatic carbocycles. The molecular weight excluding hydrogens is 314 g/mol. The molecule has 3 heterocycles. The van der Waals surface area contributed by atoms with E-state index in [0.717, 1.165) is 38.8 Å². The van der Waals surface area contributed by atoms with Crippen molar-refractivity contribution in [2.45, 2.75) is 32.6 Å². The van der Waals surface area contributed by atoms with E-state index in [4.69, 9.17) is 11.6 Å². The van der Waals surface area contributed by atoms with E-state index in [2.05, 4.69) is 6.92 Å². The zero-order valence-electron chi connectivity index (χ0n) is 13.8. The number of carbonyl (C=O) groups excluding carboxylic acids is 2. The summed E-state index contributed by atoms with van der Waals surface area (Å²) < 4.78 is 1.75. The van der Waals surface area contributed by atoms with Gasteiger partial charge < -0.3 is 14.4 Å². The van der Waals surface area contributed by atoms with Crippen molar-refractivity contribution in [3.8, 4) is 0 Å². The Balaban J connectivity index is 1.76. The number of hydrogen-bond acceptors (Lipinski definition) is 2. The molecule has 2 aliphatic heterocycles. The summed E-state index contributed by atoms with van der Waals surface area (Å²) in [6, 6.07) is 1.70. The number of piperidine rings is 1. The molecule has 5 nitrogen and oxygen atoms in total. The van der Waals surface area contributed by atoms with Crippen molar-refractivity contribution in [1.82, 2.24) is 14.4 Å². The van der Waals surface area contributed by atoms with Crippen LogP contribution in [0.4, 0.5) is 0 Å². The smallest absolute Gasteiger partial charge is 0.270 e. The van der Waals surface area contributed by atoms with Gasteiger partial charge in [-0.1, -0.05) is 18.5 Å². The number of likely N-dealkylation sites (tertiary alicyclic amines) is 2. The summed E-state index contributed by atoms with van der Waals surface area (Å²) in [5, 5.41) is 0.563. The fourth-order valence-electron chi connectivity index (χ4n) is 3.96. The molecule has 2 amide bonds. The Morgan fingerprint density at radius 2 is 2.13 bits per heavy atom. The summed E-state index contributed by atoms with van der Waals surface area (Å²) in [6.45, 7) is 4.96. The van der Waals surface area contributed by atoms with Gasteiger partial charge in [0.25, 0.3) is 5.91 Å². The van der Waals surface area contributed by atoms with E-state index in [-0.39, 0.29) is 17.2 Å². The second-order valence-corrected chi connectivity index (χ2v) is 7.24. The summed E-state index contributed by atoms with van der Waals surface area (Å²) in [5.41, 5.74) is 0.221. The highest BCUT2D eigenvalue weighted by Gasteiger charge is 2.49. The van der Waals surface area contributed by atoms with Crippen LogP contribution in [0.2, 0.25) is 5.02 Å². The van der Waals surface area contributed by atoms with Gasteiger partial charge in [-0.05, 0) is 31.7 Å². The minimum atomic E-state index is -0.363. The molecule has 2 fully saturated rings. The fourth-order valence-corrected chi connectivity index (χ4v) is 4.21. The van der Waals surface area contributed by atoms with Crippen LogP contribution in [0.25, 0.3) is 0 Å². The van der Waals surface area contributed by atoms with Gasteiger partial charge >= 0.3 is 0 Å². The maximum atomic E-state index is 12.9. The molecule has 1 spiro atoms. The molecule has 2 aliphatic rings. The Labute approximate surface area is 142 Å². The zero-order valence-corrected chi connectivity index (χ0v) is 14.6. The summed E-state index contributed by atoms with van der Waals surface area (Å²) in [5.74, 6) is 0.211. The molecule has 0 bridgehead atoms. The first-order chi connectivity index (χ1) is 11.0. The lowest BCUT2D eigenvalue weighted by atomic mass is 9.78. The van der Waals surface area contributed by atoms with Crippen LogP contribution in [0.1, 0.15) is 43.1 Å². The van der Waals surface area contributed by atoms with E-state index >= 15 is 0 Å². The monoisotopic (exact) mass is 337 g/mol. The molecule has 1 atom stereocenters. The fraction of sp³-hybridized carbons (Fsp3) is 0.647. The molecule has 0 N–H and O–H groups in total. The molecule has 1 aromatic rings. The van der Waals surface area contributed by atoms with Crippen molar-refractivity contribution in [1.29, 1.82) is 0 Å². The molecule has 2 saturated heterocycles. The van der Waals surface area contributed by atoms with Gasteiger partial charge in [0.15, 0.2) is 0 Å². The van der Waals surface area contributed by atoms with Gasteiger partial charge in [-0.3, -0.25) is 9.59 Å². The van der Waals surface area contributed by atoms with Gasteiger partial charge in [0.1, 0.15) is 5.69 Å². The Morgan fingerprint density at radius 1 is 1.35 bits per heavy atom. The molecule has 3 rings (SSSR count). The second kappa shape index (κ2) is 6.19. The minimum absolute atomic E-state index is 0.0308. The van der Waals surface area contributed by atoms with E-state index < -0.39 is 0 Å². The summed E-state index contributed by atoms with van der Waals surface area (Å²) in [4.78, 5) is 29.4. The van der Waals surface area contributed by atoms with Crippen LogP contribution in [0.3, 0.4) is 0 Å². The first-order valence-electron chi connectivity index (χ1n) is 8.37. The third kappa shape index (κ3) is 2.87. The third-order valence-electron chi connectivity index (χ3n) is 5.15. The van der Waals surface area contributed by atoms with Crippen molar-refractivity contribution >= 4 is 23.4 Å². The van der Waals surface area contributed by atoms with Crippen molar-refractivity contribution < 1.29 is 9.59 Å². The molecule has 0 unspecified atom stereocenters. The van der Waals surface area contributed by atoms with Gasteiger partial charge in [-0.2, -0.15) is 0 Å². The lowest BCUT2D eigenvalue weighted by molar-refractivity contribution is -0.145. The van der Waals surface area contributed by atoms with E-state index in [1.54, 1.807) is 16.8 Å². The van der Waals surface area contributed by atoms with E-state index in [1.165, 1.54) is 0 Å². The third-order valence-corrected chi connectivity index (χ3v) is 5.36. The van der Waals surface area contributed by atoms with Crippen molar-refractivity contribution in [2.75, 3.05) is 26.2 Å². The van der Waals surface area contributed by atoms with E-state index in [1.807, 2.05) is 16.8 Å². The van der Waals surface area contributed by atoms with Gasteiger partial charge in [0, 0.05) is 39.4 Å². The number of amides is 2. The lowest BCUT2D eigenvalue weighted by Gasteiger charge is -2.39. The van der Waals surface area contributed by atoms with Crippen molar-refractivity contribution in [3.05, 3.63) is 23.0 Å². The van der Waals surface area contributed by atoms with Crippen LogP contribution in [0, 0.1) is 5.41 Å². The predicted octanol–water partition coefficient (Wildman–Crippen LogP) is 2.54. The normalized spacial score (nSPS) is 24.7. The van der Waals surface area contributed by atoms with Gasteiger partial charge in [0.05, 0.1) is 10.4 Å². The SMILES string of the molecule is CCCN1CCC[C@]2(CCN(C(=O)c3cc(Cl)cn3C)C2)C1=O.